The molecule has 1 unspecified atom stereocenters. The molecule has 0 aromatic heterocycles. The highest BCUT2D eigenvalue weighted by Gasteiger charge is 2.36. The van der Waals surface area contributed by atoms with Crippen LogP contribution in [0, 0.1) is 16.0 Å². The molecule has 10 heteroatoms. The van der Waals surface area contributed by atoms with Gasteiger partial charge >= 0.3 is 0 Å². The normalized spacial score (nSPS) is 18.3. The van der Waals surface area contributed by atoms with E-state index in [9.17, 15) is 28.1 Å². The molecule has 1 atom stereocenters. The lowest BCUT2D eigenvalue weighted by Gasteiger charge is -2.17. The van der Waals surface area contributed by atoms with Gasteiger partial charge in [0.25, 0.3) is 5.69 Å². The fraction of sp³-hybridized carbons (Fsp3) is 0.385. The number of nitro groups is 1. The molecule has 0 bridgehead atoms. The van der Waals surface area contributed by atoms with Crippen LogP contribution in [0.2, 0.25) is 0 Å². The van der Waals surface area contributed by atoms with E-state index >= 15 is 0 Å². The van der Waals surface area contributed by atoms with Crippen molar-refractivity contribution in [3.63, 3.8) is 0 Å². The van der Waals surface area contributed by atoms with Crippen molar-refractivity contribution in [3.8, 4) is 0 Å². The third-order valence-electron chi connectivity index (χ3n) is 3.54. The van der Waals surface area contributed by atoms with Crippen LogP contribution in [0.4, 0.5) is 11.4 Å². The molecule has 0 aliphatic carbocycles. The number of benzene rings is 1. The van der Waals surface area contributed by atoms with Crippen molar-refractivity contribution in [3.05, 3.63) is 33.9 Å². The van der Waals surface area contributed by atoms with Crippen LogP contribution in [0.5, 0.6) is 0 Å². The molecule has 9 nitrogen and oxygen atoms in total. The molecule has 23 heavy (non-hydrogen) atoms. The van der Waals surface area contributed by atoms with Crippen molar-refractivity contribution >= 4 is 33.1 Å². The summed E-state index contributed by atoms with van der Waals surface area (Å²) in [6.07, 6.45) is -0.0535. The van der Waals surface area contributed by atoms with Crippen molar-refractivity contribution in [1.29, 1.82) is 0 Å². The molecule has 2 rings (SSSR count). The SMILES string of the molecule is CC(=O)c1ccc(N2CC(CS(N)(=O)=O)CC2=O)c([N+](=O)[O-])c1. The lowest BCUT2D eigenvalue weighted by Crippen LogP contribution is -2.28. The molecular formula is C13H15N3O6S. The van der Waals surface area contributed by atoms with Gasteiger partial charge in [-0.1, -0.05) is 0 Å². The molecule has 124 valence electrons. The first kappa shape index (κ1) is 17.0. The number of carbonyl (C=O) groups excluding carboxylic acids is 2. The second kappa shape index (κ2) is 6.05. The molecule has 0 radical (unpaired) electrons. The third kappa shape index (κ3) is 3.90. The molecule has 1 fully saturated rings. The minimum Gasteiger partial charge on any atom is -0.306 e. The Labute approximate surface area is 132 Å². The summed E-state index contributed by atoms with van der Waals surface area (Å²) in [4.78, 5) is 35.1. The lowest BCUT2D eigenvalue weighted by atomic mass is 10.1. The Balaban J connectivity index is 2.36. The van der Waals surface area contributed by atoms with Gasteiger partial charge in [0.05, 0.1) is 10.7 Å². The number of ketones is 1. The minimum atomic E-state index is -3.74. The fourth-order valence-electron chi connectivity index (χ4n) is 2.57. The van der Waals surface area contributed by atoms with E-state index in [1.807, 2.05) is 0 Å². The predicted molar refractivity (Wildman–Crippen MR) is 81.5 cm³/mol. The van der Waals surface area contributed by atoms with Gasteiger partial charge in [0.15, 0.2) is 5.78 Å². The highest BCUT2D eigenvalue weighted by Crippen LogP contribution is 2.34. The first-order chi connectivity index (χ1) is 10.6. The van der Waals surface area contributed by atoms with Crippen LogP contribution < -0.4 is 10.0 Å². The van der Waals surface area contributed by atoms with E-state index in [0.29, 0.717) is 0 Å². The smallest absolute Gasteiger partial charge is 0.293 e. The summed E-state index contributed by atoms with van der Waals surface area (Å²) in [5.41, 5.74) is -0.169. The molecule has 1 aromatic rings. The lowest BCUT2D eigenvalue weighted by molar-refractivity contribution is -0.384. The molecule has 0 saturated carbocycles. The Hall–Kier alpha value is -2.33. The number of sulfonamides is 1. The number of nitrogens with two attached hydrogens (primary N) is 1. The summed E-state index contributed by atoms with van der Waals surface area (Å²) in [7, 11) is -3.74. The first-order valence-electron chi connectivity index (χ1n) is 6.68. The quantitative estimate of drug-likeness (QED) is 0.468. The van der Waals surface area contributed by atoms with Crippen LogP contribution in [0.3, 0.4) is 0 Å². The average Bonchev–Trinajstić information content (AvgIpc) is 2.76. The summed E-state index contributed by atoms with van der Waals surface area (Å²) < 4.78 is 22.3. The van der Waals surface area contributed by atoms with Crippen molar-refractivity contribution in [2.75, 3.05) is 17.2 Å². The fourth-order valence-corrected chi connectivity index (χ4v) is 3.45. The Morgan fingerprint density at radius 2 is 2.13 bits per heavy atom. The number of primary sulfonamides is 1. The number of nitrogens with zero attached hydrogens (tertiary/aromatic N) is 2. The number of nitro benzene ring substituents is 1. The molecule has 0 spiro atoms. The second-order valence-electron chi connectivity index (χ2n) is 5.42. The van der Waals surface area contributed by atoms with Gasteiger partial charge in [-0.05, 0) is 19.1 Å². The summed E-state index contributed by atoms with van der Waals surface area (Å²) in [6, 6.07) is 3.83. The van der Waals surface area contributed by atoms with Crippen LogP contribution >= 0.6 is 0 Å². The van der Waals surface area contributed by atoms with Gasteiger partial charge in [0.1, 0.15) is 5.69 Å². The highest BCUT2D eigenvalue weighted by molar-refractivity contribution is 7.89. The molecular weight excluding hydrogens is 326 g/mol. The van der Waals surface area contributed by atoms with E-state index in [4.69, 9.17) is 5.14 Å². The third-order valence-corrected chi connectivity index (χ3v) is 4.48. The number of rotatable bonds is 5. The average molecular weight is 341 g/mol. The molecule has 2 N–H and O–H groups in total. The second-order valence-corrected chi connectivity index (χ2v) is 7.08. The number of hydrogen-bond donors (Lipinski definition) is 1. The number of anilines is 1. The number of carbonyl (C=O) groups is 2. The van der Waals surface area contributed by atoms with Gasteiger partial charge in [-0.3, -0.25) is 19.7 Å². The highest BCUT2D eigenvalue weighted by atomic mass is 32.2. The zero-order valence-corrected chi connectivity index (χ0v) is 13.1. The minimum absolute atomic E-state index is 0.0233. The molecule has 1 aromatic carbocycles. The van der Waals surface area contributed by atoms with E-state index < -0.39 is 26.8 Å². The van der Waals surface area contributed by atoms with Gasteiger partial charge in [0, 0.05) is 30.5 Å². The molecule has 1 aliphatic rings. The zero-order chi connectivity index (χ0) is 17.4. The Kier molecular flexibility index (Phi) is 4.48. The number of hydrogen-bond acceptors (Lipinski definition) is 6. The maximum atomic E-state index is 12.1. The van der Waals surface area contributed by atoms with Crippen LogP contribution in [0.1, 0.15) is 23.7 Å². The monoisotopic (exact) mass is 341 g/mol. The summed E-state index contributed by atoms with van der Waals surface area (Å²) >= 11 is 0. The van der Waals surface area contributed by atoms with Crippen molar-refractivity contribution < 1.29 is 22.9 Å². The van der Waals surface area contributed by atoms with Crippen LogP contribution in [0.25, 0.3) is 0 Å². The van der Waals surface area contributed by atoms with E-state index in [1.165, 1.54) is 19.1 Å². The molecule has 1 aliphatic heterocycles. The van der Waals surface area contributed by atoms with Crippen molar-refractivity contribution in [2.24, 2.45) is 11.1 Å². The summed E-state index contributed by atoms with van der Waals surface area (Å²) in [6.45, 7) is 1.30. The van der Waals surface area contributed by atoms with Gasteiger partial charge < -0.3 is 4.90 Å². The summed E-state index contributed by atoms with van der Waals surface area (Å²) in [5, 5.41) is 16.2. The van der Waals surface area contributed by atoms with Crippen molar-refractivity contribution in [2.45, 2.75) is 13.3 Å². The topological polar surface area (TPSA) is 141 Å². The molecule has 1 amide bonds. The number of amides is 1. The standard InChI is InChI=1S/C13H15N3O6S/c1-8(17)10-2-3-11(12(5-10)16(19)20)15-6-9(4-13(15)18)7-23(14,21)22/h2-3,5,9H,4,6-7H2,1H3,(H2,14,21,22). The Morgan fingerprint density at radius 3 is 2.65 bits per heavy atom. The van der Waals surface area contributed by atoms with Gasteiger partial charge in [-0.15, -0.1) is 0 Å². The largest absolute Gasteiger partial charge is 0.306 e. The van der Waals surface area contributed by atoms with E-state index in [-0.39, 0.29) is 41.4 Å². The maximum absolute atomic E-state index is 12.1. The van der Waals surface area contributed by atoms with Crippen molar-refractivity contribution in [1.82, 2.24) is 0 Å². The van der Waals surface area contributed by atoms with E-state index in [2.05, 4.69) is 0 Å². The first-order valence-corrected chi connectivity index (χ1v) is 8.40. The van der Waals surface area contributed by atoms with Gasteiger partial charge in [-0.2, -0.15) is 0 Å². The molecule has 1 saturated heterocycles. The number of Topliss-reactive ketones (excluding diaryl/α,β-unsaturated/α-hetero) is 1. The van der Waals surface area contributed by atoms with E-state index in [0.717, 1.165) is 11.0 Å². The van der Waals surface area contributed by atoms with Crippen LogP contribution in [-0.4, -0.2) is 37.3 Å². The zero-order valence-electron chi connectivity index (χ0n) is 12.3. The predicted octanol–water partition coefficient (Wildman–Crippen LogP) is 0.439. The Morgan fingerprint density at radius 1 is 1.48 bits per heavy atom. The Bertz CT molecular complexity index is 789. The van der Waals surface area contributed by atoms with E-state index in [1.54, 1.807) is 0 Å². The summed E-state index contributed by atoms with van der Waals surface area (Å²) in [5.74, 6) is -1.64. The molecule has 1 heterocycles. The van der Waals surface area contributed by atoms with Gasteiger partial charge in [0.2, 0.25) is 15.9 Å². The maximum Gasteiger partial charge on any atom is 0.293 e. The van der Waals surface area contributed by atoms with Gasteiger partial charge in [-0.25, -0.2) is 13.6 Å². The van der Waals surface area contributed by atoms with Crippen LogP contribution in [0.15, 0.2) is 18.2 Å². The van der Waals surface area contributed by atoms with Crippen LogP contribution in [-0.2, 0) is 14.8 Å².